The lowest BCUT2D eigenvalue weighted by molar-refractivity contribution is -0.157. The van der Waals surface area contributed by atoms with Gasteiger partial charge >= 0.3 is 0 Å². The van der Waals surface area contributed by atoms with Crippen molar-refractivity contribution in [2.24, 2.45) is 0 Å². The van der Waals surface area contributed by atoms with Crippen LogP contribution in [-0.4, -0.2) is 53.5 Å². The molecule has 2 amide bonds. The highest BCUT2D eigenvalue weighted by atomic mass is 19.1. The number of likely N-dealkylation sites (N-methyl/N-ethyl adjacent to an activating group) is 1. The fourth-order valence-corrected chi connectivity index (χ4v) is 4.07. The van der Waals surface area contributed by atoms with Crippen molar-refractivity contribution in [2.75, 3.05) is 26.2 Å². The number of aromatic nitrogens is 1. The van der Waals surface area contributed by atoms with Gasteiger partial charge in [-0.3, -0.25) is 14.6 Å². The molecule has 1 aliphatic rings. The summed E-state index contributed by atoms with van der Waals surface area (Å²) in [7, 11) is 0. The maximum absolute atomic E-state index is 13.2. The van der Waals surface area contributed by atoms with Gasteiger partial charge in [0.05, 0.1) is 13.2 Å². The molecule has 2 heterocycles. The Hall–Kier alpha value is -3.58. The number of carbonyl (C=O) groups is 2. The van der Waals surface area contributed by atoms with E-state index in [-0.39, 0.29) is 30.8 Å². The van der Waals surface area contributed by atoms with Crippen LogP contribution in [0.15, 0.2) is 73.1 Å². The van der Waals surface area contributed by atoms with E-state index in [1.54, 1.807) is 41.6 Å². The summed E-state index contributed by atoms with van der Waals surface area (Å²) < 4.78 is 19.3. The average Bonchev–Trinajstić information content (AvgIpc) is 2.85. The highest BCUT2D eigenvalue weighted by molar-refractivity contribution is 5.95. The molecule has 1 saturated heterocycles. The molecule has 2 aromatic carbocycles. The molecule has 7 heteroatoms. The van der Waals surface area contributed by atoms with Gasteiger partial charge in [-0.25, -0.2) is 4.39 Å². The Morgan fingerprint density at radius 2 is 1.67 bits per heavy atom. The number of pyridine rings is 1. The second kappa shape index (κ2) is 9.92. The van der Waals surface area contributed by atoms with Crippen molar-refractivity contribution in [3.05, 3.63) is 90.0 Å². The normalized spacial score (nSPS) is 18.1. The molecule has 0 bridgehead atoms. The van der Waals surface area contributed by atoms with E-state index in [0.29, 0.717) is 25.1 Å². The third-order valence-corrected chi connectivity index (χ3v) is 5.77. The first-order valence-corrected chi connectivity index (χ1v) is 11.0. The molecule has 6 nitrogen and oxygen atoms in total. The van der Waals surface area contributed by atoms with Crippen molar-refractivity contribution in [3.63, 3.8) is 0 Å². The lowest BCUT2D eigenvalue weighted by atomic mass is 9.90. The average molecular weight is 448 g/mol. The van der Waals surface area contributed by atoms with E-state index in [0.717, 1.165) is 16.7 Å². The number of halogens is 1. The molecule has 33 heavy (non-hydrogen) atoms. The van der Waals surface area contributed by atoms with E-state index in [9.17, 15) is 14.0 Å². The van der Waals surface area contributed by atoms with Crippen LogP contribution in [0.2, 0.25) is 0 Å². The summed E-state index contributed by atoms with van der Waals surface area (Å²) >= 11 is 0. The molecule has 170 valence electrons. The topological polar surface area (TPSA) is 71.5 Å². The minimum absolute atomic E-state index is 0.152. The van der Waals surface area contributed by atoms with E-state index in [1.165, 1.54) is 12.1 Å². The van der Waals surface area contributed by atoms with Gasteiger partial charge in [0.1, 0.15) is 5.82 Å². The zero-order valence-corrected chi connectivity index (χ0v) is 18.5. The molecular formula is C26H26FN3O3. The van der Waals surface area contributed by atoms with Crippen LogP contribution in [0.25, 0.3) is 11.1 Å². The number of benzene rings is 2. The number of nitrogens with one attached hydrogen (secondary N) is 1. The van der Waals surface area contributed by atoms with Crippen LogP contribution in [0.1, 0.15) is 22.8 Å². The summed E-state index contributed by atoms with van der Waals surface area (Å²) in [4.78, 5) is 31.8. The number of hydrogen-bond donors (Lipinski definition) is 1. The predicted molar refractivity (Wildman–Crippen MR) is 123 cm³/mol. The molecule has 1 aliphatic heterocycles. The van der Waals surface area contributed by atoms with E-state index >= 15 is 0 Å². The Morgan fingerprint density at radius 1 is 1.03 bits per heavy atom. The maximum Gasteiger partial charge on any atom is 0.254 e. The Morgan fingerprint density at radius 3 is 2.30 bits per heavy atom. The smallest absolute Gasteiger partial charge is 0.254 e. The minimum atomic E-state index is -1.19. The zero-order chi connectivity index (χ0) is 23.3. The van der Waals surface area contributed by atoms with E-state index in [4.69, 9.17) is 4.74 Å². The van der Waals surface area contributed by atoms with Gasteiger partial charge in [0.25, 0.3) is 11.8 Å². The number of ether oxygens (including phenoxy) is 1. The van der Waals surface area contributed by atoms with Crippen molar-refractivity contribution in [1.82, 2.24) is 15.2 Å². The molecular weight excluding hydrogens is 421 g/mol. The second-order valence-corrected chi connectivity index (χ2v) is 8.05. The predicted octanol–water partition coefficient (Wildman–Crippen LogP) is 3.48. The molecule has 0 spiro atoms. The van der Waals surface area contributed by atoms with Gasteiger partial charge in [-0.05, 0) is 47.9 Å². The lowest BCUT2D eigenvalue weighted by Gasteiger charge is -2.41. The van der Waals surface area contributed by atoms with Gasteiger partial charge in [0, 0.05) is 37.5 Å². The number of hydrogen-bond acceptors (Lipinski definition) is 4. The summed E-state index contributed by atoms with van der Waals surface area (Å²) in [5.74, 6) is -0.666. The van der Waals surface area contributed by atoms with Crippen LogP contribution in [-0.2, 0) is 16.0 Å². The highest BCUT2D eigenvalue weighted by Crippen LogP contribution is 2.27. The molecule has 4 rings (SSSR count). The summed E-state index contributed by atoms with van der Waals surface area (Å²) in [5, 5.41) is 2.87. The van der Waals surface area contributed by atoms with Crippen LogP contribution in [0.4, 0.5) is 4.39 Å². The Bertz CT molecular complexity index is 1100. The number of nitrogens with zero attached hydrogens (tertiary/aromatic N) is 2. The summed E-state index contributed by atoms with van der Waals surface area (Å²) in [6, 6.07) is 17.4. The lowest BCUT2D eigenvalue weighted by Crippen LogP contribution is -2.62. The third-order valence-electron chi connectivity index (χ3n) is 5.77. The van der Waals surface area contributed by atoms with Crippen LogP contribution in [0.5, 0.6) is 0 Å². The summed E-state index contributed by atoms with van der Waals surface area (Å²) in [6.07, 6.45) is 3.48. The van der Waals surface area contributed by atoms with E-state index in [2.05, 4.69) is 10.3 Å². The number of morpholine rings is 1. The van der Waals surface area contributed by atoms with Crippen LogP contribution in [0, 0.1) is 5.82 Å². The van der Waals surface area contributed by atoms with E-state index in [1.807, 2.05) is 31.2 Å². The minimum Gasteiger partial charge on any atom is -0.361 e. The fraction of sp³-hybridized carbons (Fsp3) is 0.269. The summed E-state index contributed by atoms with van der Waals surface area (Å²) in [5.41, 5.74) is 2.11. The van der Waals surface area contributed by atoms with Gasteiger partial charge < -0.3 is 15.0 Å². The van der Waals surface area contributed by atoms with Crippen molar-refractivity contribution in [1.29, 1.82) is 0 Å². The molecule has 1 atom stereocenters. The van der Waals surface area contributed by atoms with Crippen molar-refractivity contribution < 1.29 is 18.7 Å². The first-order valence-electron chi connectivity index (χ1n) is 11.0. The Balaban J connectivity index is 1.57. The zero-order valence-electron chi connectivity index (χ0n) is 18.5. The van der Waals surface area contributed by atoms with Crippen molar-refractivity contribution in [3.8, 4) is 11.1 Å². The summed E-state index contributed by atoms with van der Waals surface area (Å²) in [6.45, 7) is 3.14. The molecule has 1 aromatic heterocycles. The number of amides is 2. The van der Waals surface area contributed by atoms with Crippen molar-refractivity contribution in [2.45, 2.75) is 18.9 Å². The maximum atomic E-state index is 13.2. The van der Waals surface area contributed by atoms with Crippen LogP contribution < -0.4 is 5.32 Å². The standard InChI is InChI=1S/C26H26FN3O3/c1-2-29-25(32)26(18-30(15-16-33-26)24(31)22-11-13-28-14-12-22)17-19-3-5-20(6-4-19)21-7-9-23(27)10-8-21/h3-14H,2,15-18H2,1H3,(H,29,32)/t26-/m0/s1. The molecule has 0 saturated carbocycles. The monoisotopic (exact) mass is 447 g/mol. The number of rotatable bonds is 6. The first kappa shape index (κ1) is 22.6. The molecule has 1 fully saturated rings. The van der Waals surface area contributed by atoms with Gasteiger partial charge in [-0.1, -0.05) is 36.4 Å². The molecule has 1 N–H and O–H groups in total. The quantitative estimate of drug-likeness (QED) is 0.628. The highest BCUT2D eigenvalue weighted by Gasteiger charge is 2.45. The largest absolute Gasteiger partial charge is 0.361 e. The van der Waals surface area contributed by atoms with Gasteiger partial charge in [-0.2, -0.15) is 0 Å². The second-order valence-electron chi connectivity index (χ2n) is 8.05. The van der Waals surface area contributed by atoms with Gasteiger partial charge in [0.2, 0.25) is 0 Å². The van der Waals surface area contributed by atoms with Gasteiger partial charge in [-0.15, -0.1) is 0 Å². The Labute approximate surface area is 192 Å². The fourth-order valence-electron chi connectivity index (χ4n) is 4.07. The Kier molecular flexibility index (Phi) is 6.79. The molecule has 0 unspecified atom stereocenters. The van der Waals surface area contributed by atoms with Gasteiger partial charge in [0.15, 0.2) is 5.60 Å². The number of carbonyl (C=O) groups excluding carboxylic acids is 2. The molecule has 0 aliphatic carbocycles. The van der Waals surface area contributed by atoms with Crippen molar-refractivity contribution >= 4 is 11.8 Å². The molecule has 3 aromatic rings. The third kappa shape index (κ3) is 5.09. The molecule has 0 radical (unpaired) electrons. The van der Waals surface area contributed by atoms with Crippen LogP contribution in [0.3, 0.4) is 0 Å². The SMILES string of the molecule is CCNC(=O)[C@]1(Cc2ccc(-c3ccc(F)cc3)cc2)CN(C(=O)c2ccncc2)CCO1. The van der Waals surface area contributed by atoms with Crippen LogP contribution >= 0.6 is 0 Å². The first-order chi connectivity index (χ1) is 16.0. The van der Waals surface area contributed by atoms with E-state index < -0.39 is 5.60 Å².